The maximum absolute atomic E-state index is 6.00. The Morgan fingerprint density at radius 2 is 2.10 bits per heavy atom. The fraction of sp³-hybridized carbons (Fsp3) is 0.800. The van der Waals surface area contributed by atoms with E-state index in [0.717, 1.165) is 43.1 Å². The van der Waals surface area contributed by atoms with Crippen LogP contribution in [0.25, 0.3) is 0 Å². The monoisotopic (exact) mass is 281 g/mol. The molecule has 2 rings (SSSR count). The Morgan fingerprint density at radius 3 is 2.75 bits per heavy atom. The Bertz CT molecular complexity index is 431. The number of rotatable bonds is 7. The van der Waals surface area contributed by atoms with Gasteiger partial charge in [0.25, 0.3) is 0 Å². The van der Waals surface area contributed by atoms with Crippen LogP contribution in [0.4, 0.5) is 0 Å². The second-order valence-corrected chi connectivity index (χ2v) is 5.60. The molecule has 0 saturated carbocycles. The van der Waals surface area contributed by atoms with Crippen LogP contribution in [0.15, 0.2) is 0 Å². The van der Waals surface area contributed by atoms with Crippen molar-refractivity contribution in [1.82, 2.24) is 15.1 Å². The normalized spacial score (nSPS) is 22.4. The molecule has 0 amide bonds. The highest BCUT2D eigenvalue weighted by Crippen LogP contribution is 2.24. The van der Waals surface area contributed by atoms with Crippen LogP contribution in [0.1, 0.15) is 37.6 Å². The lowest BCUT2D eigenvalue weighted by atomic mass is 10.2. The predicted molar refractivity (Wildman–Crippen MR) is 79.2 cm³/mol. The first-order valence-electron chi connectivity index (χ1n) is 7.61. The molecule has 5 nitrogen and oxygen atoms in total. The zero-order valence-corrected chi connectivity index (χ0v) is 13.1. The zero-order valence-electron chi connectivity index (χ0n) is 13.1. The minimum Gasteiger partial charge on any atom is -0.487 e. The van der Waals surface area contributed by atoms with Crippen molar-refractivity contribution in [2.45, 2.75) is 52.2 Å². The molecule has 2 atom stereocenters. The molecule has 2 heterocycles. The Kier molecular flexibility index (Phi) is 5.43. The third kappa shape index (κ3) is 3.73. The van der Waals surface area contributed by atoms with Crippen LogP contribution in [-0.2, 0) is 11.8 Å². The summed E-state index contributed by atoms with van der Waals surface area (Å²) < 4.78 is 13.8. The van der Waals surface area contributed by atoms with Crippen LogP contribution < -0.4 is 10.1 Å². The summed E-state index contributed by atoms with van der Waals surface area (Å²) in [6.07, 6.45) is 3.92. The van der Waals surface area contributed by atoms with Gasteiger partial charge in [-0.15, -0.1) is 0 Å². The van der Waals surface area contributed by atoms with Gasteiger partial charge >= 0.3 is 0 Å². The average Bonchev–Trinajstić information content (AvgIpc) is 2.95. The smallest absolute Gasteiger partial charge is 0.163 e. The van der Waals surface area contributed by atoms with Crippen molar-refractivity contribution in [1.29, 1.82) is 0 Å². The average molecular weight is 281 g/mol. The van der Waals surface area contributed by atoms with Gasteiger partial charge in [0.15, 0.2) is 5.75 Å². The number of hydrogen-bond donors (Lipinski definition) is 1. The summed E-state index contributed by atoms with van der Waals surface area (Å²) in [4.78, 5) is 0. The third-order valence-electron chi connectivity index (χ3n) is 3.85. The van der Waals surface area contributed by atoms with E-state index in [4.69, 9.17) is 9.47 Å². The number of nitrogens with zero attached hydrogens (tertiary/aromatic N) is 2. The molecule has 1 aliphatic heterocycles. The van der Waals surface area contributed by atoms with Crippen LogP contribution in [-0.4, -0.2) is 41.7 Å². The molecule has 1 saturated heterocycles. The molecule has 0 radical (unpaired) electrons. The summed E-state index contributed by atoms with van der Waals surface area (Å²) in [5, 5.41) is 7.78. The number of aryl methyl sites for hydroxylation is 2. The molecule has 0 bridgehead atoms. The zero-order chi connectivity index (χ0) is 14.5. The molecule has 1 aliphatic rings. The highest BCUT2D eigenvalue weighted by Gasteiger charge is 2.26. The maximum atomic E-state index is 6.00. The van der Waals surface area contributed by atoms with Crippen molar-refractivity contribution in [3.05, 3.63) is 11.4 Å². The van der Waals surface area contributed by atoms with Gasteiger partial charge in [0.2, 0.25) is 0 Å². The maximum Gasteiger partial charge on any atom is 0.163 e. The van der Waals surface area contributed by atoms with E-state index in [-0.39, 0.29) is 6.10 Å². The van der Waals surface area contributed by atoms with Gasteiger partial charge in [-0.3, -0.25) is 4.68 Å². The van der Waals surface area contributed by atoms with Crippen molar-refractivity contribution in [3.63, 3.8) is 0 Å². The fourth-order valence-electron chi connectivity index (χ4n) is 2.63. The number of hydrogen-bond acceptors (Lipinski definition) is 4. The van der Waals surface area contributed by atoms with Crippen LogP contribution in [0, 0.1) is 13.8 Å². The summed E-state index contributed by atoms with van der Waals surface area (Å²) in [5.41, 5.74) is 2.02. The summed E-state index contributed by atoms with van der Waals surface area (Å²) in [6, 6.07) is 0. The molecule has 1 N–H and O–H groups in total. The van der Waals surface area contributed by atoms with Gasteiger partial charge in [-0.2, -0.15) is 5.10 Å². The summed E-state index contributed by atoms with van der Waals surface area (Å²) >= 11 is 0. The lowest BCUT2D eigenvalue weighted by Gasteiger charge is -2.15. The van der Waals surface area contributed by atoms with Crippen LogP contribution in [0.3, 0.4) is 0 Å². The third-order valence-corrected chi connectivity index (χ3v) is 3.85. The Balaban J connectivity index is 1.75. The lowest BCUT2D eigenvalue weighted by Crippen LogP contribution is -2.28. The minimum absolute atomic E-state index is 0.211. The molecule has 20 heavy (non-hydrogen) atoms. The Morgan fingerprint density at radius 1 is 1.35 bits per heavy atom. The summed E-state index contributed by atoms with van der Waals surface area (Å²) in [6.45, 7) is 8.83. The molecule has 0 aliphatic carbocycles. The Hall–Kier alpha value is -1.07. The number of aromatic nitrogens is 2. The molecule has 5 heteroatoms. The molecule has 1 aromatic rings. The van der Waals surface area contributed by atoms with Gasteiger partial charge in [0.05, 0.1) is 17.9 Å². The second kappa shape index (κ2) is 7.09. The van der Waals surface area contributed by atoms with Crippen LogP contribution in [0.2, 0.25) is 0 Å². The van der Waals surface area contributed by atoms with Crippen molar-refractivity contribution < 1.29 is 9.47 Å². The van der Waals surface area contributed by atoms with Gasteiger partial charge in [-0.05, 0) is 39.7 Å². The van der Waals surface area contributed by atoms with E-state index in [1.165, 1.54) is 6.42 Å². The lowest BCUT2D eigenvalue weighted by molar-refractivity contribution is 0.0184. The van der Waals surface area contributed by atoms with Crippen LogP contribution >= 0.6 is 0 Å². The second-order valence-electron chi connectivity index (χ2n) is 5.60. The SMILES string of the molecule is CCCNCC1CCC(COc2c(C)nn(C)c2C)O1. The van der Waals surface area contributed by atoms with Gasteiger partial charge in [-0.1, -0.05) is 6.92 Å². The van der Waals surface area contributed by atoms with Crippen molar-refractivity contribution in [3.8, 4) is 5.75 Å². The molecule has 1 fully saturated rings. The van der Waals surface area contributed by atoms with E-state index >= 15 is 0 Å². The first-order valence-corrected chi connectivity index (χ1v) is 7.61. The van der Waals surface area contributed by atoms with Crippen LogP contribution in [0.5, 0.6) is 5.75 Å². The Labute approximate surface area is 121 Å². The number of ether oxygens (including phenoxy) is 2. The topological polar surface area (TPSA) is 48.3 Å². The molecular formula is C15H27N3O2. The molecule has 2 unspecified atom stereocenters. The largest absolute Gasteiger partial charge is 0.487 e. The number of nitrogens with one attached hydrogen (secondary N) is 1. The molecule has 0 spiro atoms. The quantitative estimate of drug-likeness (QED) is 0.776. The summed E-state index contributed by atoms with van der Waals surface area (Å²) in [7, 11) is 1.94. The predicted octanol–water partition coefficient (Wildman–Crippen LogP) is 1.96. The van der Waals surface area contributed by atoms with E-state index in [1.54, 1.807) is 0 Å². The first kappa shape index (κ1) is 15.3. The molecule has 0 aromatic carbocycles. The molecule has 1 aromatic heterocycles. The fourth-order valence-corrected chi connectivity index (χ4v) is 2.63. The standard InChI is InChI=1S/C15H27N3O2/c1-5-8-16-9-13-6-7-14(20-13)10-19-15-11(2)17-18(4)12(15)3/h13-14,16H,5-10H2,1-4H3. The highest BCUT2D eigenvalue weighted by atomic mass is 16.5. The summed E-state index contributed by atoms with van der Waals surface area (Å²) in [5.74, 6) is 0.906. The van der Waals surface area contributed by atoms with Gasteiger partial charge in [0.1, 0.15) is 12.3 Å². The van der Waals surface area contributed by atoms with Crippen molar-refractivity contribution in [2.75, 3.05) is 19.7 Å². The van der Waals surface area contributed by atoms with Gasteiger partial charge in [-0.25, -0.2) is 0 Å². The van der Waals surface area contributed by atoms with E-state index in [9.17, 15) is 0 Å². The van der Waals surface area contributed by atoms with Crippen molar-refractivity contribution in [2.24, 2.45) is 7.05 Å². The van der Waals surface area contributed by atoms with Gasteiger partial charge in [0, 0.05) is 13.6 Å². The van der Waals surface area contributed by atoms with Crippen molar-refractivity contribution >= 4 is 0 Å². The van der Waals surface area contributed by atoms with E-state index < -0.39 is 0 Å². The minimum atomic E-state index is 0.211. The molecular weight excluding hydrogens is 254 g/mol. The van der Waals surface area contributed by atoms with E-state index in [2.05, 4.69) is 17.3 Å². The van der Waals surface area contributed by atoms with E-state index in [1.807, 2.05) is 25.6 Å². The highest BCUT2D eigenvalue weighted by molar-refractivity contribution is 5.31. The van der Waals surface area contributed by atoms with Gasteiger partial charge < -0.3 is 14.8 Å². The van der Waals surface area contributed by atoms with E-state index in [0.29, 0.717) is 12.7 Å². The molecule has 114 valence electrons. The first-order chi connectivity index (χ1) is 9.61.